The number of benzene rings is 2. The van der Waals surface area contributed by atoms with Crippen LogP contribution in [0.5, 0.6) is 0 Å². The van der Waals surface area contributed by atoms with Crippen LogP contribution in [0.1, 0.15) is 0 Å². The fourth-order valence-electron chi connectivity index (χ4n) is 2.02. The number of rotatable bonds is 2. The first-order valence-corrected chi connectivity index (χ1v) is 5.90. The molecule has 3 aromatic rings. The van der Waals surface area contributed by atoms with Crippen molar-refractivity contribution in [2.24, 2.45) is 0 Å². The second-order valence-electron chi connectivity index (χ2n) is 4.20. The van der Waals surface area contributed by atoms with Crippen LogP contribution in [0.25, 0.3) is 16.9 Å². The lowest BCUT2D eigenvalue weighted by Crippen LogP contribution is -2.00. The van der Waals surface area contributed by atoms with Crippen LogP contribution in [0.2, 0.25) is 0 Å². The Morgan fingerprint density at radius 2 is 1.79 bits per heavy atom. The van der Waals surface area contributed by atoms with Gasteiger partial charge in [-0.3, -0.25) is 0 Å². The number of nitrogens with zero attached hydrogens (tertiary/aromatic N) is 2. The molecule has 1 aromatic heterocycles. The third-order valence-corrected chi connectivity index (χ3v) is 2.91. The van der Waals surface area contributed by atoms with Gasteiger partial charge in [0.1, 0.15) is 5.82 Å². The van der Waals surface area contributed by atoms with Crippen molar-refractivity contribution in [2.45, 2.75) is 0 Å². The van der Waals surface area contributed by atoms with Crippen LogP contribution in [0.4, 0.5) is 10.1 Å². The molecule has 0 amide bonds. The summed E-state index contributed by atoms with van der Waals surface area (Å²) < 4.78 is 15.7. The van der Waals surface area contributed by atoms with Gasteiger partial charge < -0.3 is 5.73 Å². The molecule has 3 rings (SSSR count). The Morgan fingerprint density at radius 3 is 2.53 bits per heavy atom. The van der Waals surface area contributed by atoms with Crippen molar-refractivity contribution >= 4 is 5.69 Å². The van der Waals surface area contributed by atoms with Crippen molar-refractivity contribution in [3.05, 3.63) is 66.6 Å². The minimum absolute atomic E-state index is 0.349. The first-order valence-electron chi connectivity index (χ1n) is 5.90. The van der Waals surface area contributed by atoms with Gasteiger partial charge in [-0.25, -0.2) is 9.07 Å². The van der Waals surface area contributed by atoms with E-state index in [1.165, 1.54) is 6.07 Å². The Morgan fingerprint density at radius 1 is 1.00 bits per heavy atom. The van der Waals surface area contributed by atoms with Crippen molar-refractivity contribution in [3.8, 4) is 16.9 Å². The molecule has 2 aromatic carbocycles. The predicted molar refractivity (Wildman–Crippen MR) is 73.4 cm³/mol. The van der Waals surface area contributed by atoms with Crippen LogP contribution < -0.4 is 5.73 Å². The van der Waals surface area contributed by atoms with Crippen LogP contribution in [0, 0.1) is 5.82 Å². The topological polar surface area (TPSA) is 43.8 Å². The molecule has 0 fully saturated rings. The molecule has 0 aliphatic rings. The van der Waals surface area contributed by atoms with Crippen LogP contribution >= 0.6 is 0 Å². The number of hydrogen-bond donors (Lipinski definition) is 1. The van der Waals surface area contributed by atoms with Crippen molar-refractivity contribution in [1.29, 1.82) is 0 Å². The molecule has 1 heterocycles. The summed E-state index contributed by atoms with van der Waals surface area (Å²) >= 11 is 0. The summed E-state index contributed by atoms with van der Waals surface area (Å²) in [6.45, 7) is 0. The maximum absolute atomic E-state index is 14.0. The molecule has 0 atom stereocenters. The predicted octanol–water partition coefficient (Wildman–Crippen LogP) is 3.26. The van der Waals surface area contributed by atoms with Gasteiger partial charge in [0.25, 0.3) is 0 Å². The van der Waals surface area contributed by atoms with Crippen LogP contribution in [-0.4, -0.2) is 9.78 Å². The summed E-state index contributed by atoms with van der Waals surface area (Å²) in [4.78, 5) is 0. The molecule has 0 aliphatic heterocycles. The number of aromatic nitrogens is 2. The largest absolute Gasteiger partial charge is 0.399 e. The van der Waals surface area contributed by atoms with Crippen molar-refractivity contribution in [3.63, 3.8) is 0 Å². The minimum atomic E-state index is -0.349. The van der Waals surface area contributed by atoms with Gasteiger partial charge in [0.05, 0.1) is 17.6 Å². The summed E-state index contributed by atoms with van der Waals surface area (Å²) in [6.07, 6.45) is 1.65. The molecule has 0 bridgehead atoms. The molecule has 0 aliphatic carbocycles. The maximum Gasteiger partial charge on any atom is 0.134 e. The SMILES string of the molecule is Nc1ccc(-c2ccnn2-c2ccccc2)c(F)c1. The average Bonchev–Trinajstić information content (AvgIpc) is 2.89. The fourth-order valence-corrected chi connectivity index (χ4v) is 2.02. The van der Waals surface area contributed by atoms with Crippen molar-refractivity contribution in [1.82, 2.24) is 9.78 Å². The van der Waals surface area contributed by atoms with Crippen molar-refractivity contribution in [2.75, 3.05) is 5.73 Å². The fraction of sp³-hybridized carbons (Fsp3) is 0. The lowest BCUT2D eigenvalue weighted by molar-refractivity contribution is 0.630. The normalized spacial score (nSPS) is 10.6. The molecule has 3 nitrogen and oxygen atoms in total. The van der Waals surface area contributed by atoms with Gasteiger partial charge in [-0.1, -0.05) is 18.2 Å². The smallest absolute Gasteiger partial charge is 0.134 e. The molecular weight excluding hydrogens is 241 g/mol. The third kappa shape index (κ3) is 2.08. The van der Waals surface area contributed by atoms with Crippen LogP contribution in [-0.2, 0) is 0 Å². The molecular formula is C15H12FN3. The van der Waals surface area contributed by atoms with Gasteiger partial charge in [-0.15, -0.1) is 0 Å². The van der Waals surface area contributed by atoms with E-state index < -0.39 is 0 Å². The quantitative estimate of drug-likeness (QED) is 0.712. The lowest BCUT2D eigenvalue weighted by atomic mass is 10.1. The number of halogens is 1. The molecule has 4 heteroatoms. The minimum Gasteiger partial charge on any atom is -0.399 e. The molecule has 0 spiro atoms. The Labute approximate surface area is 110 Å². The number of anilines is 1. The van der Waals surface area contributed by atoms with Gasteiger partial charge in [0.2, 0.25) is 0 Å². The summed E-state index contributed by atoms with van der Waals surface area (Å²) in [5.41, 5.74) is 8.04. The van der Waals surface area contributed by atoms with Crippen LogP contribution in [0.3, 0.4) is 0 Å². The molecule has 19 heavy (non-hydrogen) atoms. The Bertz CT molecular complexity index is 704. The third-order valence-electron chi connectivity index (χ3n) is 2.91. The van der Waals surface area contributed by atoms with Gasteiger partial charge in [0.15, 0.2) is 0 Å². The Balaban J connectivity index is 2.15. The average molecular weight is 253 g/mol. The highest BCUT2D eigenvalue weighted by atomic mass is 19.1. The molecule has 0 radical (unpaired) electrons. The Hall–Kier alpha value is -2.62. The molecule has 0 saturated carbocycles. The highest BCUT2D eigenvalue weighted by molar-refractivity contribution is 5.65. The van der Waals surface area contributed by atoms with E-state index in [0.717, 1.165) is 5.69 Å². The number of nitrogen functional groups attached to an aromatic ring is 1. The number of para-hydroxylation sites is 1. The first kappa shape index (κ1) is 11.5. The van der Waals surface area contributed by atoms with E-state index >= 15 is 0 Å². The van der Waals surface area contributed by atoms with Crippen molar-refractivity contribution < 1.29 is 4.39 Å². The Kier molecular flexibility index (Phi) is 2.76. The van der Waals surface area contributed by atoms with E-state index in [1.807, 2.05) is 30.3 Å². The zero-order chi connectivity index (χ0) is 13.2. The van der Waals surface area contributed by atoms with E-state index in [1.54, 1.807) is 29.1 Å². The monoisotopic (exact) mass is 253 g/mol. The number of hydrogen-bond acceptors (Lipinski definition) is 2. The van der Waals surface area contributed by atoms with E-state index in [9.17, 15) is 4.39 Å². The first-order chi connectivity index (χ1) is 9.25. The van der Waals surface area contributed by atoms with Gasteiger partial charge in [-0.05, 0) is 36.4 Å². The summed E-state index contributed by atoms with van der Waals surface area (Å²) in [7, 11) is 0. The number of nitrogens with two attached hydrogens (primary N) is 1. The zero-order valence-electron chi connectivity index (χ0n) is 10.1. The maximum atomic E-state index is 14.0. The molecule has 0 unspecified atom stereocenters. The molecule has 0 saturated heterocycles. The summed E-state index contributed by atoms with van der Waals surface area (Å²) in [5, 5.41) is 4.25. The second kappa shape index (κ2) is 4.57. The van der Waals surface area contributed by atoms with E-state index in [0.29, 0.717) is 16.9 Å². The summed E-state index contributed by atoms with van der Waals surface area (Å²) in [6, 6.07) is 16.1. The van der Waals surface area contributed by atoms with E-state index in [4.69, 9.17) is 5.73 Å². The van der Waals surface area contributed by atoms with Gasteiger partial charge in [-0.2, -0.15) is 5.10 Å². The second-order valence-corrected chi connectivity index (χ2v) is 4.20. The molecule has 94 valence electrons. The molecule has 2 N–H and O–H groups in total. The highest BCUT2D eigenvalue weighted by Gasteiger charge is 2.11. The van der Waals surface area contributed by atoms with Gasteiger partial charge >= 0.3 is 0 Å². The summed E-state index contributed by atoms with van der Waals surface area (Å²) in [5.74, 6) is -0.349. The van der Waals surface area contributed by atoms with E-state index in [-0.39, 0.29) is 5.82 Å². The van der Waals surface area contributed by atoms with Crippen LogP contribution in [0.15, 0.2) is 60.8 Å². The standard InChI is InChI=1S/C15H12FN3/c16-14-10-11(17)6-7-13(14)15-8-9-18-19(15)12-4-2-1-3-5-12/h1-10H,17H2. The highest BCUT2D eigenvalue weighted by Crippen LogP contribution is 2.26. The van der Waals surface area contributed by atoms with Gasteiger partial charge in [0, 0.05) is 11.3 Å². The lowest BCUT2D eigenvalue weighted by Gasteiger charge is -2.08. The van der Waals surface area contributed by atoms with E-state index in [2.05, 4.69) is 5.10 Å². The zero-order valence-corrected chi connectivity index (χ0v) is 10.1.